The molecule has 2 amide bonds. The number of carbonyl (C=O) groups is 3. The molecule has 2 N–H and O–H groups in total. The maximum absolute atomic E-state index is 12.7. The number of fused-ring (bicyclic) bond motifs is 1. The van der Waals surface area contributed by atoms with Crippen molar-refractivity contribution in [2.75, 3.05) is 7.11 Å². The smallest absolute Gasteiger partial charge is 0.341 e. The van der Waals surface area contributed by atoms with Gasteiger partial charge in [0, 0.05) is 23.3 Å². The van der Waals surface area contributed by atoms with Crippen LogP contribution in [-0.2, 0) is 0 Å². The van der Waals surface area contributed by atoms with Crippen molar-refractivity contribution in [3.63, 3.8) is 0 Å². The third kappa shape index (κ3) is 2.77. The molecular weight excluding hydrogens is 348 g/mol. The first kappa shape index (κ1) is 17.0. The number of ether oxygens (including phenoxy) is 1. The Hall–Kier alpha value is -3.48. The van der Waals surface area contributed by atoms with Gasteiger partial charge in [-0.1, -0.05) is 30.3 Å². The molecule has 136 valence electrons. The first-order valence-electron chi connectivity index (χ1n) is 8.42. The van der Waals surface area contributed by atoms with Crippen molar-refractivity contribution in [2.24, 2.45) is 10.9 Å². The van der Waals surface area contributed by atoms with E-state index in [9.17, 15) is 19.5 Å². The topological polar surface area (TPSA) is 105 Å². The number of Topliss-reactive ketones (excluding diaryl/α,β-unsaturated/α-hetero) is 2. The maximum Gasteiger partial charge on any atom is 0.341 e. The molecule has 0 fully saturated rings. The number of benzene rings is 2. The lowest BCUT2D eigenvalue weighted by atomic mass is 9.89. The predicted molar refractivity (Wildman–Crippen MR) is 96.6 cm³/mol. The van der Waals surface area contributed by atoms with Gasteiger partial charge in [0.1, 0.15) is 5.92 Å². The number of rotatable bonds is 3. The molecule has 0 saturated carbocycles. The van der Waals surface area contributed by atoms with Crippen molar-refractivity contribution in [1.82, 2.24) is 5.32 Å². The third-order valence-corrected chi connectivity index (χ3v) is 4.88. The van der Waals surface area contributed by atoms with E-state index in [0.29, 0.717) is 16.7 Å². The second-order valence-electron chi connectivity index (χ2n) is 6.45. The molecule has 0 bridgehead atoms. The molecule has 2 aliphatic rings. The van der Waals surface area contributed by atoms with E-state index in [1.165, 1.54) is 13.2 Å². The molecule has 2 aromatic carbocycles. The zero-order chi connectivity index (χ0) is 19.1. The van der Waals surface area contributed by atoms with E-state index >= 15 is 0 Å². The highest BCUT2D eigenvalue weighted by Gasteiger charge is 2.43. The molecule has 0 saturated heterocycles. The number of aliphatic imine (C=N–C) groups is 1. The van der Waals surface area contributed by atoms with Gasteiger partial charge in [0.05, 0.1) is 13.2 Å². The molecule has 1 unspecified atom stereocenters. The Morgan fingerprint density at radius 1 is 1.07 bits per heavy atom. The number of phenolic OH excluding ortho intramolecular Hbond substituents is 1. The van der Waals surface area contributed by atoms with Gasteiger partial charge < -0.3 is 15.2 Å². The van der Waals surface area contributed by atoms with E-state index in [4.69, 9.17) is 4.74 Å². The standard InChI is InChI=1S/C20H16N2O5/c1-27-16-8-10(6-7-15(16)23)13-9-14(22-20(26)21-13)17-18(24)11-4-2-3-5-12(11)19(17)25/h2-8,13,17,23H,9H2,1H3,(H,21,26). The van der Waals surface area contributed by atoms with Gasteiger partial charge in [0.25, 0.3) is 0 Å². The summed E-state index contributed by atoms with van der Waals surface area (Å²) in [7, 11) is 1.43. The second kappa shape index (κ2) is 6.35. The normalized spacial score (nSPS) is 19.5. The van der Waals surface area contributed by atoms with Gasteiger partial charge in [0.2, 0.25) is 0 Å². The van der Waals surface area contributed by atoms with Crippen LogP contribution in [0.15, 0.2) is 47.5 Å². The molecular formula is C20H16N2O5. The Bertz CT molecular complexity index is 976. The van der Waals surface area contributed by atoms with Crippen molar-refractivity contribution in [2.45, 2.75) is 12.5 Å². The summed E-state index contributed by atoms with van der Waals surface area (Å²) in [5.41, 5.74) is 1.66. The van der Waals surface area contributed by atoms with E-state index in [1.54, 1.807) is 36.4 Å². The molecule has 1 heterocycles. The molecule has 27 heavy (non-hydrogen) atoms. The predicted octanol–water partition coefficient (Wildman–Crippen LogP) is 2.69. The summed E-state index contributed by atoms with van der Waals surface area (Å²) in [5, 5.41) is 12.5. The fraction of sp³-hybridized carbons (Fsp3) is 0.200. The van der Waals surface area contributed by atoms with Gasteiger partial charge in [-0.3, -0.25) is 9.59 Å². The number of nitrogens with zero attached hydrogens (tertiary/aromatic N) is 1. The van der Waals surface area contributed by atoms with Crippen LogP contribution in [-0.4, -0.2) is 35.5 Å². The summed E-state index contributed by atoms with van der Waals surface area (Å²) in [5.74, 6) is -1.47. The zero-order valence-electron chi connectivity index (χ0n) is 14.4. The summed E-state index contributed by atoms with van der Waals surface area (Å²) in [6, 6.07) is 10.3. The summed E-state index contributed by atoms with van der Waals surface area (Å²) in [6.07, 6.45) is 0.218. The van der Waals surface area contributed by atoms with Crippen LogP contribution in [0.2, 0.25) is 0 Å². The zero-order valence-corrected chi connectivity index (χ0v) is 14.4. The second-order valence-corrected chi connectivity index (χ2v) is 6.45. The van der Waals surface area contributed by atoms with Crippen LogP contribution < -0.4 is 10.1 Å². The van der Waals surface area contributed by atoms with Gasteiger partial charge in [-0.05, 0) is 17.7 Å². The number of methoxy groups -OCH3 is 1. The van der Waals surface area contributed by atoms with E-state index in [2.05, 4.69) is 10.3 Å². The molecule has 1 atom stereocenters. The number of nitrogens with one attached hydrogen (secondary N) is 1. The molecule has 2 aromatic rings. The highest BCUT2D eigenvalue weighted by molar-refractivity contribution is 6.37. The monoisotopic (exact) mass is 364 g/mol. The average molecular weight is 364 g/mol. The highest BCUT2D eigenvalue weighted by atomic mass is 16.5. The first-order valence-corrected chi connectivity index (χ1v) is 8.42. The lowest BCUT2D eigenvalue weighted by Gasteiger charge is -2.25. The summed E-state index contributed by atoms with van der Waals surface area (Å²) in [4.78, 5) is 41.5. The van der Waals surface area contributed by atoms with Crippen LogP contribution >= 0.6 is 0 Å². The van der Waals surface area contributed by atoms with Crippen molar-refractivity contribution < 1.29 is 24.2 Å². The highest BCUT2D eigenvalue weighted by Crippen LogP contribution is 2.34. The minimum atomic E-state index is -1.06. The minimum Gasteiger partial charge on any atom is -0.504 e. The van der Waals surface area contributed by atoms with Gasteiger partial charge in [-0.15, -0.1) is 0 Å². The fourth-order valence-corrected chi connectivity index (χ4v) is 3.56. The number of phenols is 1. The molecule has 1 aliphatic heterocycles. The minimum absolute atomic E-state index is 0.0196. The summed E-state index contributed by atoms with van der Waals surface area (Å²) in [6.45, 7) is 0. The Morgan fingerprint density at radius 2 is 1.74 bits per heavy atom. The molecule has 0 spiro atoms. The number of carbonyl (C=O) groups excluding carboxylic acids is 3. The Balaban J connectivity index is 1.67. The Kier molecular flexibility index (Phi) is 3.99. The van der Waals surface area contributed by atoms with Crippen molar-refractivity contribution >= 4 is 23.3 Å². The SMILES string of the molecule is COc1cc(C2CC(C3C(=O)c4ccccc4C3=O)=NC(=O)N2)ccc1O. The van der Waals surface area contributed by atoms with Crippen LogP contribution in [0.5, 0.6) is 11.5 Å². The molecule has 0 aromatic heterocycles. The number of hydrogen-bond acceptors (Lipinski definition) is 5. The maximum atomic E-state index is 12.7. The van der Waals surface area contributed by atoms with Crippen LogP contribution in [0, 0.1) is 5.92 Å². The van der Waals surface area contributed by atoms with Crippen molar-refractivity contribution in [1.29, 1.82) is 0 Å². The lowest BCUT2D eigenvalue weighted by Crippen LogP contribution is -2.38. The number of amides is 2. The fourth-order valence-electron chi connectivity index (χ4n) is 3.56. The first-order chi connectivity index (χ1) is 13.0. The Morgan fingerprint density at radius 3 is 2.37 bits per heavy atom. The van der Waals surface area contributed by atoms with Gasteiger partial charge in [-0.2, -0.15) is 0 Å². The van der Waals surface area contributed by atoms with E-state index in [0.717, 1.165) is 0 Å². The van der Waals surface area contributed by atoms with Crippen molar-refractivity contribution in [3.8, 4) is 11.5 Å². The molecule has 7 heteroatoms. The van der Waals surface area contributed by atoms with Gasteiger partial charge in [0.15, 0.2) is 23.1 Å². The van der Waals surface area contributed by atoms with Crippen LogP contribution in [0.3, 0.4) is 0 Å². The van der Waals surface area contributed by atoms with E-state index in [-0.39, 0.29) is 35.2 Å². The number of ketones is 2. The van der Waals surface area contributed by atoms with Gasteiger partial charge in [-0.25, -0.2) is 9.79 Å². The molecule has 1 aliphatic carbocycles. The van der Waals surface area contributed by atoms with E-state index < -0.39 is 18.0 Å². The van der Waals surface area contributed by atoms with Crippen LogP contribution in [0.4, 0.5) is 4.79 Å². The van der Waals surface area contributed by atoms with E-state index in [1.807, 2.05) is 0 Å². The molecule has 0 radical (unpaired) electrons. The Labute approximate surface area is 154 Å². The summed E-state index contributed by atoms with van der Waals surface area (Å²) < 4.78 is 5.11. The summed E-state index contributed by atoms with van der Waals surface area (Å²) >= 11 is 0. The number of aromatic hydroxyl groups is 1. The quantitative estimate of drug-likeness (QED) is 0.815. The lowest BCUT2D eigenvalue weighted by molar-refractivity contribution is 0.0882. The largest absolute Gasteiger partial charge is 0.504 e. The third-order valence-electron chi connectivity index (χ3n) is 4.88. The molecule has 7 nitrogen and oxygen atoms in total. The number of hydrogen-bond donors (Lipinski definition) is 2. The van der Waals surface area contributed by atoms with Crippen LogP contribution in [0.1, 0.15) is 38.7 Å². The van der Waals surface area contributed by atoms with Gasteiger partial charge >= 0.3 is 6.03 Å². The van der Waals surface area contributed by atoms with Crippen molar-refractivity contribution in [3.05, 3.63) is 59.2 Å². The average Bonchev–Trinajstić information content (AvgIpc) is 2.92. The van der Waals surface area contributed by atoms with Crippen LogP contribution in [0.25, 0.3) is 0 Å². The number of urea groups is 1. The molecule has 4 rings (SSSR count).